The highest BCUT2D eigenvalue weighted by molar-refractivity contribution is 6.33. The lowest BCUT2D eigenvalue weighted by molar-refractivity contribution is 1.15. The molecule has 0 spiro atoms. The molecule has 0 aliphatic carbocycles. The molecule has 90 valence electrons. The fourth-order valence-corrected chi connectivity index (χ4v) is 1.76. The topological polar surface area (TPSA) is 61.8 Å². The van der Waals surface area contributed by atoms with Crippen molar-refractivity contribution in [1.82, 2.24) is 0 Å². The Labute approximate surface area is 111 Å². The number of para-hydroxylation sites is 1. The Morgan fingerprint density at radius 2 is 1.89 bits per heavy atom. The van der Waals surface area contributed by atoms with Gasteiger partial charge in [0.05, 0.1) is 28.0 Å². The first-order valence-electron chi connectivity index (χ1n) is 5.47. The fourth-order valence-electron chi connectivity index (χ4n) is 1.59. The second-order valence-electron chi connectivity index (χ2n) is 3.86. The van der Waals surface area contributed by atoms with Crippen LogP contribution >= 0.6 is 11.6 Å². The van der Waals surface area contributed by atoms with E-state index in [9.17, 15) is 0 Å². The lowest BCUT2D eigenvalue weighted by atomic mass is 10.1. The number of nitrogen functional groups attached to an aromatic ring is 1. The fraction of sp³-hybridized carbons (Fsp3) is 0.0714. The van der Waals surface area contributed by atoms with E-state index >= 15 is 0 Å². The average molecular weight is 258 g/mol. The minimum absolute atomic E-state index is 0.542. The van der Waals surface area contributed by atoms with Crippen LogP contribution in [-0.4, -0.2) is 0 Å². The van der Waals surface area contributed by atoms with Crippen molar-refractivity contribution in [1.29, 1.82) is 5.26 Å². The van der Waals surface area contributed by atoms with Crippen LogP contribution < -0.4 is 11.1 Å². The van der Waals surface area contributed by atoms with E-state index in [0.717, 1.165) is 11.3 Å². The molecule has 0 unspecified atom stereocenters. The molecule has 0 atom stereocenters. The van der Waals surface area contributed by atoms with Crippen LogP contribution in [0.1, 0.15) is 11.1 Å². The minimum atomic E-state index is 0.542. The second-order valence-corrected chi connectivity index (χ2v) is 4.27. The van der Waals surface area contributed by atoms with Gasteiger partial charge in [0, 0.05) is 6.54 Å². The maximum Gasteiger partial charge on any atom is 0.0991 e. The van der Waals surface area contributed by atoms with Crippen LogP contribution in [0.5, 0.6) is 0 Å². The summed E-state index contributed by atoms with van der Waals surface area (Å²) < 4.78 is 0. The van der Waals surface area contributed by atoms with Crippen LogP contribution in [0.2, 0.25) is 5.02 Å². The third-order valence-electron chi connectivity index (χ3n) is 2.62. The van der Waals surface area contributed by atoms with Crippen molar-refractivity contribution >= 4 is 23.0 Å². The molecule has 2 rings (SSSR count). The zero-order valence-electron chi connectivity index (χ0n) is 9.65. The average Bonchev–Trinajstić information content (AvgIpc) is 2.41. The Morgan fingerprint density at radius 3 is 2.56 bits per heavy atom. The van der Waals surface area contributed by atoms with Gasteiger partial charge in [-0.05, 0) is 29.8 Å². The molecule has 0 radical (unpaired) electrons. The van der Waals surface area contributed by atoms with Gasteiger partial charge in [-0.2, -0.15) is 5.26 Å². The summed E-state index contributed by atoms with van der Waals surface area (Å²) >= 11 is 5.93. The number of hydrogen-bond donors (Lipinski definition) is 2. The van der Waals surface area contributed by atoms with E-state index in [-0.39, 0.29) is 0 Å². The first kappa shape index (κ1) is 12.3. The number of nitriles is 1. The van der Waals surface area contributed by atoms with Gasteiger partial charge in [-0.25, -0.2) is 0 Å². The highest BCUT2D eigenvalue weighted by Gasteiger charge is 2.02. The summed E-state index contributed by atoms with van der Waals surface area (Å²) in [7, 11) is 0. The summed E-state index contributed by atoms with van der Waals surface area (Å²) in [5, 5.41) is 12.5. The normalized spacial score (nSPS) is 9.78. The third kappa shape index (κ3) is 2.73. The lowest BCUT2D eigenvalue weighted by Gasteiger charge is -2.10. The Kier molecular flexibility index (Phi) is 3.71. The van der Waals surface area contributed by atoms with E-state index < -0.39 is 0 Å². The predicted molar refractivity (Wildman–Crippen MR) is 74.3 cm³/mol. The SMILES string of the molecule is N#Cc1ccc(CNc2cccc(Cl)c2N)cc1. The molecule has 2 aromatic rings. The van der Waals surface area contributed by atoms with E-state index in [2.05, 4.69) is 11.4 Å². The smallest absolute Gasteiger partial charge is 0.0991 e. The number of halogens is 1. The van der Waals surface area contributed by atoms with Crippen LogP contribution in [0, 0.1) is 11.3 Å². The molecule has 0 aliphatic heterocycles. The second kappa shape index (κ2) is 5.44. The summed E-state index contributed by atoms with van der Waals surface area (Å²) in [6.07, 6.45) is 0. The number of nitrogens with zero attached hydrogens (tertiary/aromatic N) is 1. The quantitative estimate of drug-likeness (QED) is 0.829. The molecule has 18 heavy (non-hydrogen) atoms. The van der Waals surface area contributed by atoms with Crippen LogP contribution in [0.25, 0.3) is 0 Å². The van der Waals surface area contributed by atoms with Crippen molar-refractivity contribution in [2.45, 2.75) is 6.54 Å². The molecule has 3 nitrogen and oxygen atoms in total. The van der Waals surface area contributed by atoms with Crippen LogP contribution in [-0.2, 0) is 6.54 Å². The molecule has 2 aromatic carbocycles. The van der Waals surface area contributed by atoms with Gasteiger partial charge in [0.2, 0.25) is 0 Å². The largest absolute Gasteiger partial charge is 0.396 e. The van der Waals surface area contributed by atoms with E-state index in [4.69, 9.17) is 22.6 Å². The number of nitrogens with one attached hydrogen (secondary N) is 1. The summed E-state index contributed by atoms with van der Waals surface area (Å²) in [5.41, 5.74) is 8.95. The first-order valence-corrected chi connectivity index (χ1v) is 5.85. The standard InChI is InChI=1S/C14H12ClN3/c15-12-2-1-3-13(14(12)17)18-9-11-6-4-10(8-16)5-7-11/h1-7,18H,9,17H2. The van der Waals surface area contributed by atoms with E-state index in [0.29, 0.717) is 22.8 Å². The Bertz CT molecular complexity index is 585. The summed E-state index contributed by atoms with van der Waals surface area (Å²) in [6, 6.07) is 15.0. The Morgan fingerprint density at radius 1 is 1.17 bits per heavy atom. The molecule has 0 saturated heterocycles. The number of benzene rings is 2. The molecule has 4 heteroatoms. The predicted octanol–water partition coefficient (Wildman–Crippen LogP) is 3.41. The third-order valence-corrected chi connectivity index (χ3v) is 2.95. The van der Waals surface area contributed by atoms with Gasteiger partial charge in [0.1, 0.15) is 0 Å². The number of nitrogens with two attached hydrogens (primary N) is 1. The van der Waals surface area contributed by atoms with Crippen molar-refractivity contribution < 1.29 is 0 Å². The zero-order valence-corrected chi connectivity index (χ0v) is 10.4. The molecular weight excluding hydrogens is 246 g/mol. The van der Waals surface area contributed by atoms with Crippen molar-refractivity contribution in [3.05, 3.63) is 58.6 Å². The molecule has 0 bridgehead atoms. The molecule has 3 N–H and O–H groups in total. The molecule has 0 amide bonds. The highest BCUT2D eigenvalue weighted by atomic mass is 35.5. The van der Waals surface area contributed by atoms with E-state index in [1.54, 1.807) is 18.2 Å². The molecule has 0 aliphatic rings. The highest BCUT2D eigenvalue weighted by Crippen LogP contribution is 2.27. The summed E-state index contributed by atoms with van der Waals surface area (Å²) in [6.45, 7) is 0.635. The first-order chi connectivity index (χ1) is 8.70. The zero-order chi connectivity index (χ0) is 13.0. The van der Waals surface area contributed by atoms with E-state index in [1.165, 1.54) is 0 Å². The van der Waals surface area contributed by atoms with E-state index in [1.807, 2.05) is 24.3 Å². The van der Waals surface area contributed by atoms with Crippen molar-refractivity contribution in [3.8, 4) is 6.07 Å². The number of hydrogen-bond acceptors (Lipinski definition) is 3. The molecule has 0 fully saturated rings. The van der Waals surface area contributed by atoms with Gasteiger partial charge in [-0.15, -0.1) is 0 Å². The van der Waals surface area contributed by atoms with Crippen molar-refractivity contribution in [2.24, 2.45) is 0 Å². The van der Waals surface area contributed by atoms with Crippen molar-refractivity contribution in [3.63, 3.8) is 0 Å². The van der Waals surface area contributed by atoms with Crippen LogP contribution in [0.15, 0.2) is 42.5 Å². The van der Waals surface area contributed by atoms with Crippen LogP contribution in [0.3, 0.4) is 0 Å². The molecule has 0 aromatic heterocycles. The van der Waals surface area contributed by atoms with Gasteiger partial charge >= 0.3 is 0 Å². The van der Waals surface area contributed by atoms with Gasteiger partial charge in [-0.3, -0.25) is 0 Å². The lowest BCUT2D eigenvalue weighted by Crippen LogP contribution is -2.02. The summed E-state index contributed by atoms with van der Waals surface area (Å²) in [5.74, 6) is 0. The monoisotopic (exact) mass is 257 g/mol. The Hall–Kier alpha value is -2.18. The molecule has 0 saturated carbocycles. The molecular formula is C14H12ClN3. The van der Waals surface area contributed by atoms with Gasteiger partial charge in [0.25, 0.3) is 0 Å². The molecule has 0 heterocycles. The van der Waals surface area contributed by atoms with Gasteiger partial charge in [0.15, 0.2) is 0 Å². The van der Waals surface area contributed by atoms with Crippen LogP contribution in [0.4, 0.5) is 11.4 Å². The van der Waals surface area contributed by atoms with Crippen molar-refractivity contribution in [2.75, 3.05) is 11.1 Å². The minimum Gasteiger partial charge on any atom is -0.396 e. The summed E-state index contributed by atoms with van der Waals surface area (Å²) in [4.78, 5) is 0. The number of rotatable bonds is 3. The van der Waals surface area contributed by atoms with Gasteiger partial charge in [-0.1, -0.05) is 29.8 Å². The maximum absolute atomic E-state index is 8.71. The van der Waals surface area contributed by atoms with Gasteiger partial charge < -0.3 is 11.1 Å². The number of anilines is 2. The maximum atomic E-state index is 8.71. The Balaban J connectivity index is 2.07.